The number of anilines is 1. The first-order chi connectivity index (χ1) is 17.3. The first-order valence-electron chi connectivity index (χ1n) is 11.5. The number of rotatable bonds is 5. The Bertz CT molecular complexity index is 1540. The topological polar surface area (TPSA) is 79.7 Å². The van der Waals surface area contributed by atoms with Crippen molar-refractivity contribution >= 4 is 60.1 Å². The van der Waals surface area contributed by atoms with Crippen LogP contribution in [0.15, 0.2) is 70.7 Å². The summed E-state index contributed by atoms with van der Waals surface area (Å²) < 4.78 is 7.22. The molecule has 1 aliphatic heterocycles. The van der Waals surface area contributed by atoms with Crippen LogP contribution >= 0.6 is 27.3 Å². The third kappa shape index (κ3) is 4.20. The molecule has 1 aliphatic rings. The Labute approximate surface area is 221 Å². The second kappa shape index (κ2) is 9.52. The fraction of sp³-hybridized carbons (Fsp3) is 0.179. The molecule has 36 heavy (non-hydrogen) atoms. The minimum absolute atomic E-state index is 0.0226. The standard InChI is InChI=1S/C28H23BrN2O4S/c1-4-35-20-10-8-17(9-11-20)25(32)22-24(18-6-5-7-19(29)14-18)31(27(34)26(22)33)28-30-23-16(3)12-15(2)13-21(23)36-28/h5-14,24,32H,4H2,1-3H3/b25-22+/t24-/m1/s1. The maximum Gasteiger partial charge on any atom is 0.301 e. The van der Waals surface area contributed by atoms with Crippen LogP contribution in [0.3, 0.4) is 0 Å². The van der Waals surface area contributed by atoms with Gasteiger partial charge in [0.15, 0.2) is 5.13 Å². The highest BCUT2D eigenvalue weighted by Crippen LogP contribution is 2.45. The summed E-state index contributed by atoms with van der Waals surface area (Å²) in [5, 5.41) is 11.7. The summed E-state index contributed by atoms with van der Waals surface area (Å²) in [7, 11) is 0. The van der Waals surface area contributed by atoms with Gasteiger partial charge in [-0.15, -0.1) is 0 Å². The molecule has 1 aromatic heterocycles. The fourth-order valence-electron chi connectivity index (χ4n) is 4.52. The lowest BCUT2D eigenvalue weighted by atomic mass is 9.95. The number of aliphatic hydroxyl groups excluding tert-OH is 1. The van der Waals surface area contributed by atoms with E-state index in [2.05, 4.69) is 15.9 Å². The molecule has 0 unspecified atom stereocenters. The zero-order chi connectivity index (χ0) is 25.6. The maximum absolute atomic E-state index is 13.5. The number of amides is 1. The lowest BCUT2D eigenvalue weighted by molar-refractivity contribution is -0.132. The van der Waals surface area contributed by atoms with Crippen LogP contribution in [0, 0.1) is 13.8 Å². The molecule has 6 nitrogen and oxygen atoms in total. The number of ether oxygens (including phenoxy) is 1. The lowest BCUT2D eigenvalue weighted by Gasteiger charge is -2.23. The number of aromatic nitrogens is 1. The highest BCUT2D eigenvalue weighted by atomic mass is 79.9. The molecule has 5 rings (SSSR count). The monoisotopic (exact) mass is 562 g/mol. The Hall–Kier alpha value is -3.49. The normalized spacial score (nSPS) is 17.2. The van der Waals surface area contributed by atoms with Gasteiger partial charge in [-0.1, -0.05) is 45.5 Å². The van der Waals surface area contributed by atoms with E-state index in [1.54, 1.807) is 24.3 Å². The summed E-state index contributed by atoms with van der Waals surface area (Å²) in [6.45, 7) is 6.39. The molecule has 4 aromatic rings. The summed E-state index contributed by atoms with van der Waals surface area (Å²) >= 11 is 4.85. The molecule has 1 fully saturated rings. The number of thiazole rings is 1. The van der Waals surface area contributed by atoms with Gasteiger partial charge in [0, 0.05) is 10.0 Å². The fourth-order valence-corrected chi connectivity index (χ4v) is 6.10. The van der Waals surface area contributed by atoms with Crippen molar-refractivity contribution in [1.29, 1.82) is 0 Å². The molecule has 0 spiro atoms. The van der Waals surface area contributed by atoms with Crippen LogP contribution in [0.4, 0.5) is 5.13 Å². The Balaban J connectivity index is 1.70. The summed E-state index contributed by atoms with van der Waals surface area (Å²) in [6, 6.07) is 17.4. The van der Waals surface area contributed by atoms with Gasteiger partial charge in [0.05, 0.1) is 28.4 Å². The SMILES string of the molecule is CCOc1ccc(/C(O)=C2\C(=O)C(=O)N(c3nc4c(C)cc(C)cc4s3)[C@@H]2c2cccc(Br)c2)cc1. The molecule has 2 heterocycles. The molecule has 0 radical (unpaired) electrons. The molecule has 182 valence electrons. The number of hydrogen-bond donors (Lipinski definition) is 1. The third-order valence-corrected chi connectivity index (χ3v) is 7.57. The summed E-state index contributed by atoms with van der Waals surface area (Å²) in [4.78, 5) is 33.0. The highest BCUT2D eigenvalue weighted by molar-refractivity contribution is 9.10. The predicted octanol–water partition coefficient (Wildman–Crippen LogP) is 6.70. The van der Waals surface area contributed by atoms with Gasteiger partial charge in [-0.25, -0.2) is 4.98 Å². The van der Waals surface area contributed by atoms with Crippen LogP contribution in [0.25, 0.3) is 16.0 Å². The molecule has 3 aromatic carbocycles. The van der Waals surface area contributed by atoms with E-state index in [4.69, 9.17) is 9.72 Å². The van der Waals surface area contributed by atoms with Crippen LogP contribution < -0.4 is 9.64 Å². The second-order valence-corrected chi connectivity index (χ2v) is 10.5. The number of fused-ring (bicyclic) bond motifs is 1. The van der Waals surface area contributed by atoms with E-state index in [9.17, 15) is 14.7 Å². The zero-order valence-corrected chi connectivity index (χ0v) is 22.3. The number of ketones is 1. The quantitative estimate of drug-likeness (QED) is 0.166. The Morgan fingerprint density at radius 1 is 1.11 bits per heavy atom. The van der Waals surface area contributed by atoms with Gasteiger partial charge in [-0.05, 0) is 79.9 Å². The number of aliphatic hydroxyl groups is 1. The maximum atomic E-state index is 13.5. The van der Waals surface area contributed by atoms with E-state index in [1.807, 2.05) is 57.2 Å². The summed E-state index contributed by atoms with van der Waals surface area (Å²) in [6.07, 6.45) is 0. The van der Waals surface area contributed by atoms with Crippen LogP contribution in [0.2, 0.25) is 0 Å². The van der Waals surface area contributed by atoms with Crippen molar-refractivity contribution in [3.05, 3.63) is 93.0 Å². The average Bonchev–Trinajstić information content (AvgIpc) is 3.38. The number of nitrogens with zero attached hydrogens (tertiary/aromatic N) is 2. The molecule has 0 saturated carbocycles. The molecule has 0 aliphatic carbocycles. The minimum atomic E-state index is -0.837. The van der Waals surface area contributed by atoms with Crippen molar-refractivity contribution in [2.75, 3.05) is 11.5 Å². The molecule has 1 N–H and O–H groups in total. The van der Waals surface area contributed by atoms with E-state index >= 15 is 0 Å². The smallest absolute Gasteiger partial charge is 0.301 e. The van der Waals surface area contributed by atoms with Crippen molar-refractivity contribution in [1.82, 2.24) is 4.98 Å². The number of carbonyl (C=O) groups is 2. The van der Waals surface area contributed by atoms with E-state index in [0.29, 0.717) is 28.6 Å². The molecule has 1 atom stereocenters. The highest BCUT2D eigenvalue weighted by Gasteiger charge is 2.48. The minimum Gasteiger partial charge on any atom is -0.507 e. The average molecular weight is 563 g/mol. The van der Waals surface area contributed by atoms with Gasteiger partial charge in [-0.3, -0.25) is 14.5 Å². The molecular formula is C28H23BrN2O4S. The first kappa shape index (κ1) is 24.2. The van der Waals surface area contributed by atoms with E-state index in [-0.39, 0.29) is 11.3 Å². The Kier molecular flexibility index (Phi) is 6.40. The Morgan fingerprint density at radius 3 is 2.56 bits per heavy atom. The summed E-state index contributed by atoms with van der Waals surface area (Å²) in [5.41, 5.74) is 4.01. The molecule has 8 heteroatoms. The number of carbonyl (C=O) groups excluding carboxylic acids is 2. The third-order valence-electron chi connectivity index (χ3n) is 6.07. The van der Waals surface area contributed by atoms with Gasteiger partial charge in [0.1, 0.15) is 11.5 Å². The summed E-state index contributed by atoms with van der Waals surface area (Å²) in [5.74, 6) is -1.06. The first-order valence-corrected chi connectivity index (χ1v) is 13.1. The van der Waals surface area contributed by atoms with Crippen LogP contribution in [0.5, 0.6) is 5.75 Å². The van der Waals surface area contributed by atoms with Gasteiger partial charge in [-0.2, -0.15) is 0 Å². The molecule has 0 bridgehead atoms. The van der Waals surface area contributed by atoms with E-state index < -0.39 is 17.7 Å². The largest absolute Gasteiger partial charge is 0.507 e. The van der Waals surface area contributed by atoms with Crippen LogP contribution in [0.1, 0.15) is 35.2 Å². The van der Waals surface area contributed by atoms with E-state index in [1.165, 1.54) is 16.2 Å². The van der Waals surface area contributed by atoms with Gasteiger partial charge in [0.2, 0.25) is 0 Å². The lowest BCUT2D eigenvalue weighted by Crippen LogP contribution is -2.29. The van der Waals surface area contributed by atoms with E-state index in [0.717, 1.165) is 25.8 Å². The Morgan fingerprint density at radius 2 is 1.86 bits per heavy atom. The van der Waals surface area contributed by atoms with Crippen molar-refractivity contribution < 1.29 is 19.4 Å². The number of halogens is 1. The van der Waals surface area contributed by atoms with Crippen molar-refractivity contribution in [3.63, 3.8) is 0 Å². The van der Waals surface area contributed by atoms with Gasteiger partial charge >= 0.3 is 5.91 Å². The predicted molar refractivity (Wildman–Crippen MR) is 146 cm³/mol. The van der Waals surface area contributed by atoms with Crippen molar-refractivity contribution in [3.8, 4) is 5.75 Å². The number of Topliss-reactive ketones (excluding diaryl/α,β-unsaturated/α-hetero) is 1. The molecule has 1 saturated heterocycles. The van der Waals surface area contributed by atoms with Crippen LogP contribution in [-0.2, 0) is 9.59 Å². The van der Waals surface area contributed by atoms with Crippen molar-refractivity contribution in [2.45, 2.75) is 26.8 Å². The van der Waals surface area contributed by atoms with Gasteiger partial charge < -0.3 is 9.84 Å². The number of aryl methyl sites for hydroxylation is 2. The molecule has 1 amide bonds. The number of benzene rings is 3. The number of hydrogen-bond acceptors (Lipinski definition) is 6. The van der Waals surface area contributed by atoms with Crippen molar-refractivity contribution in [2.24, 2.45) is 0 Å². The second-order valence-electron chi connectivity index (χ2n) is 8.61. The van der Waals surface area contributed by atoms with Gasteiger partial charge in [0.25, 0.3) is 5.78 Å². The molecular weight excluding hydrogens is 540 g/mol. The zero-order valence-electron chi connectivity index (χ0n) is 19.9. The van der Waals surface area contributed by atoms with Crippen LogP contribution in [-0.4, -0.2) is 28.4 Å².